The monoisotopic (exact) mass is 424 g/mol. The molecule has 150 valence electrons. The van der Waals surface area contributed by atoms with Crippen LogP contribution in [0, 0.1) is 12.3 Å². The number of halogens is 1. The van der Waals surface area contributed by atoms with Crippen LogP contribution in [0.25, 0.3) is 0 Å². The first kappa shape index (κ1) is 21.1. The summed E-state index contributed by atoms with van der Waals surface area (Å²) < 4.78 is 11.5. The van der Waals surface area contributed by atoms with Gasteiger partial charge in [-0.25, -0.2) is 0 Å². The first-order valence-electron chi connectivity index (χ1n) is 8.68. The van der Waals surface area contributed by atoms with Crippen molar-refractivity contribution in [2.75, 3.05) is 13.2 Å². The van der Waals surface area contributed by atoms with Gasteiger partial charge < -0.3 is 29.9 Å². The van der Waals surface area contributed by atoms with Crippen LogP contribution in [0.4, 0.5) is 0 Å². The van der Waals surface area contributed by atoms with Gasteiger partial charge in [0.05, 0.1) is 10.9 Å². The third-order valence-corrected chi connectivity index (χ3v) is 6.09. The number of hydrogen-bond donors (Lipinski definition) is 4. The number of ether oxygens (including phenoxy) is 2. The second-order valence-electron chi connectivity index (χ2n) is 6.51. The van der Waals surface area contributed by atoms with Gasteiger partial charge in [-0.2, -0.15) is 0 Å². The Morgan fingerprint density at radius 3 is 2.50 bits per heavy atom. The van der Waals surface area contributed by atoms with Crippen molar-refractivity contribution in [3.63, 3.8) is 0 Å². The number of aliphatic hydroxyl groups excluding tert-OH is 4. The molecule has 5 atom stereocenters. The molecule has 0 spiro atoms. The van der Waals surface area contributed by atoms with E-state index >= 15 is 0 Å². The van der Waals surface area contributed by atoms with Crippen molar-refractivity contribution < 1.29 is 29.9 Å². The van der Waals surface area contributed by atoms with Crippen molar-refractivity contribution in [3.05, 3.63) is 50.7 Å². The highest BCUT2D eigenvalue weighted by Gasteiger charge is 2.44. The van der Waals surface area contributed by atoms with Gasteiger partial charge in [0.25, 0.3) is 0 Å². The van der Waals surface area contributed by atoms with Crippen LogP contribution >= 0.6 is 22.9 Å². The van der Waals surface area contributed by atoms with Gasteiger partial charge in [-0.05, 0) is 35.7 Å². The Kier molecular flexibility index (Phi) is 6.96. The van der Waals surface area contributed by atoms with Crippen LogP contribution in [0.1, 0.15) is 22.1 Å². The molecular weight excluding hydrogens is 404 g/mol. The maximum Gasteiger partial charge on any atom is 0.148 e. The highest BCUT2D eigenvalue weighted by atomic mass is 35.5. The molecule has 28 heavy (non-hydrogen) atoms. The summed E-state index contributed by atoms with van der Waals surface area (Å²) in [5.41, 5.74) is 1.85. The molecular formula is C20H21ClO6S. The second-order valence-corrected chi connectivity index (χ2v) is 8.20. The lowest BCUT2D eigenvalue weighted by molar-refractivity contribution is -0.230. The lowest BCUT2D eigenvalue weighted by Gasteiger charge is -2.39. The lowest BCUT2D eigenvalue weighted by Crippen LogP contribution is -2.55. The zero-order valence-corrected chi connectivity index (χ0v) is 16.4. The molecule has 1 fully saturated rings. The summed E-state index contributed by atoms with van der Waals surface area (Å²) in [7, 11) is 0. The summed E-state index contributed by atoms with van der Waals surface area (Å²) in [6, 6.07) is 9.28. The molecule has 4 N–H and O–H groups in total. The van der Waals surface area contributed by atoms with Crippen LogP contribution in [0.3, 0.4) is 0 Å². The van der Waals surface area contributed by atoms with Crippen molar-refractivity contribution in [2.45, 2.75) is 36.9 Å². The van der Waals surface area contributed by atoms with E-state index in [1.807, 2.05) is 30.3 Å². The van der Waals surface area contributed by atoms with Crippen molar-refractivity contribution >= 4 is 22.9 Å². The maximum absolute atomic E-state index is 10.3. The second kappa shape index (κ2) is 9.25. The Morgan fingerprint density at radius 2 is 1.86 bits per heavy atom. The molecule has 0 unspecified atom stereocenters. The minimum absolute atomic E-state index is 0.207. The van der Waals surface area contributed by atoms with E-state index in [1.165, 1.54) is 11.3 Å². The molecule has 3 rings (SSSR count). The summed E-state index contributed by atoms with van der Waals surface area (Å²) in [5.74, 6) is 3.09. The molecule has 0 aliphatic carbocycles. The van der Waals surface area contributed by atoms with Gasteiger partial charge in [0.2, 0.25) is 0 Å². The molecule has 0 saturated carbocycles. The quantitative estimate of drug-likeness (QED) is 0.525. The molecule has 2 heterocycles. The van der Waals surface area contributed by atoms with E-state index in [4.69, 9.17) is 27.5 Å². The molecule has 1 aliphatic rings. The number of hydrogen-bond acceptors (Lipinski definition) is 7. The minimum Gasteiger partial charge on any atom is -0.481 e. The van der Waals surface area contributed by atoms with E-state index in [0.717, 1.165) is 11.1 Å². The number of rotatable bonds is 6. The standard InChI is InChI=1S/C20H21ClO6S/c1-2-7-26-13-5-3-11(4-6-13)8-12-9-15(28-20(12)21)19-18(25)17(24)16(23)14(10-22)27-19/h1,3-6,9,14,16-19,22-25H,7-8,10H2/t14-,16-,17+,18-,19+/m1/s1. The first-order chi connectivity index (χ1) is 13.4. The van der Waals surface area contributed by atoms with Gasteiger partial charge in [0, 0.05) is 4.88 Å². The van der Waals surface area contributed by atoms with Gasteiger partial charge in [-0.3, -0.25) is 0 Å². The average Bonchev–Trinajstić information content (AvgIpc) is 3.06. The third kappa shape index (κ3) is 4.50. The van der Waals surface area contributed by atoms with Crippen LogP contribution in [0.5, 0.6) is 5.75 Å². The van der Waals surface area contributed by atoms with Crippen LogP contribution in [0.2, 0.25) is 4.34 Å². The van der Waals surface area contributed by atoms with E-state index in [1.54, 1.807) is 0 Å². The Bertz CT molecular complexity index is 828. The largest absolute Gasteiger partial charge is 0.481 e. The first-order valence-corrected chi connectivity index (χ1v) is 9.88. The SMILES string of the molecule is C#CCOc1ccc(Cc2cc([C@@H]3O[C@H](CO)[C@@H](O)[C@H](O)[C@H]3O)sc2Cl)cc1. The topological polar surface area (TPSA) is 99.4 Å². The summed E-state index contributed by atoms with van der Waals surface area (Å²) >= 11 is 7.60. The zero-order valence-electron chi connectivity index (χ0n) is 14.9. The molecule has 1 aromatic carbocycles. The Labute approximate surface area is 171 Å². The molecule has 0 bridgehead atoms. The van der Waals surface area contributed by atoms with Crippen molar-refractivity contribution in [3.8, 4) is 18.1 Å². The van der Waals surface area contributed by atoms with Gasteiger partial charge >= 0.3 is 0 Å². The van der Waals surface area contributed by atoms with Crippen molar-refractivity contribution in [2.24, 2.45) is 0 Å². The molecule has 8 heteroatoms. The predicted molar refractivity (Wildman–Crippen MR) is 106 cm³/mol. The summed E-state index contributed by atoms with van der Waals surface area (Å²) in [4.78, 5) is 0.617. The van der Waals surface area contributed by atoms with E-state index in [-0.39, 0.29) is 6.61 Å². The Balaban J connectivity index is 1.75. The van der Waals surface area contributed by atoms with Gasteiger partial charge in [0.1, 0.15) is 42.9 Å². The predicted octanol–water partition coefficient (Wildman–Crippen LogP) is 1.52. The summed E-state index contributed by atoms with van der Waals surface area (Å²) in [6.45, 7) is -0.264. The highest BCUT2D eigenvalue weighted by Crippen LogP contribution is 2.39. The Morgan fingerprint density at radius 1 is 1.14 bits per heavy atom. The number of benzene rings is 1. The summed E-state index contributed by atoms with van der Waals surface area (Å²) in [5, 5.41) is 39.5. The molecule has 1 aliphatic heterocycles. The van der Waals surface area contributed by atoms with E-state index in [0.29, 0.717) is 21.4 Å². The molecule has 6 nitrogen and oxygen atoms in total. The molecule has 0 amide bonds. The molecule has 2 aromatic rings. The van der Waals surface area contributed by atoms with Crippen molar-refractivity contribution in [1.29, 1.82) is 0 Å². The van der Waals surface area contributed by atoms with Crippen LogP contribution in [0.15, 0.2) is 30.3 Å². The van der Waals surface area contributed by atoms with E-state index in [2.05, 4.69) is 5.92 Å². The summed E-state index contributed by atoms with van der Waals surface area (Å²) in [6.07, 6.45) is -0.242. The van der Waals surface area contributed by atoms with Gasteiger partial charge in [-0.15, -0.1) is 17.8 Å². The maximum atomic E-state index is 10.3. The number of terminal acetylenes is 1. The third-order valence-electron chi connectivity index (χ3n) is 4.59. The lowest BCUT2D eigenvalue weighted by atomic mass is 9.94. The smallest absolute Gasteiger partial charge is 0.148 e. The van der Waals surface area contributed by atoms with Crippen LogP contribution in [-0.2, 0) is 11.2 Å². The molecule has 1 saturated heterocycles. The fraction of sp³-hybridized carbons (Fsp3) is 0.400. The fourth-order valence-corrected chi connectivity index (χ4v) is 4.44. The van der Waals surface area contributed by atoms with E-state index in [9.17, 15) is 20.4 Å². The zero-order chi connectivity index (χ0) is 20.3. The minimum atomic E-state index is -1.42. The number of aliphatic hydroxyl groups is 4. The fourth-order valence-electron chi connectivity index (χ4n) is 3.07. The van der Waals surface area contributed by atoms with Crippen LogP contribution < -0.4 is 4.74 Å². The van der Waals surface area contributed by atoms with E-state index < -0.39 is 37.1 Å². The number of thiophene rings is 1. The normalized spacial score (nSPS) is 27.4. The average molecular weight is 425 g/mol. The molecule has 0 radical (unpaired) electrons. The Hall–Kier alpha value is -1.63. The van der Waals surface area contributed by atoms with Crippen molar-refractivity contribution in [1.82, 2.24) is 0 Å². The molecule has 1 aromatic heterocycles. The van der Waals surface area contributed by atoms with Crippen LogP contribution in [-0.4, -0.2) is 58.1 Å². The van der Waals surface area contributed by atoms with Gasteiger partial charge in [0.15, 0.2) is 0 Å². The van der Waals surface area contributed by atoms with Gasteiger partial charge in [-0.1, -0.05) is 29.7 Å². The highest BCUT2D eigenvalue weighted by molar-refractivity contribution is 7.16.